The largest absolute Gasteiger partial charge is 0.319 e. The lowest BCUT2D eigenvalue weighted by molar-refractivity contribution is -0.133. The van der Waals surface area contributed by atoms with Crippen LogP contribution in [0, 0.1) is 0 Å². The summed E-state index contributed by atoms with van der Waals surface area (Å²) in [6.07, 6.45) is 7.94. The molecule has 2 unspecified atom stereocenters. The molecule has 1 aliphatic carbocycles. The molecule has 1 N–H and O–H groups in total. The predicted octanol–water partition coefficient (Wildman–Crippen LogP) is 3.63. The predicted molar refractivity (Wildman–Crippen MR) is 90.7 cm³/mol. The average Bonchev–Trinajstić information content (AvgIpc) is 3.15. The molecule has 0 bridgehead atoms. The molecule has 2 fully saturated rings. The Kier molecular flexibility index (Phi) is 4.92. The first-order valence-corrected chi connectivity index (χ1v) is 10.1. The molecule has 3 rings (SSSR count). The van der Waals surface area contributed by atoms with Crippen molar-refractivity contribution in [2.24, 2.45) is 0 Å². The third-order valence-electron chi connectivity index (χ3n) is 4.83. The Morgan fingerprint density at radius 1 is 1.38 bits per heavy atom. The minimum Gasteiger partial charge on any atom is -0.319 e. The van der Waals surface area contributed by atoms with Gasteiger partial charge in [-0.15, -0.1) is 0 Å². The van der Waals surface area contributed by atoms with E-state index in [4.69, 9.17) is 0 Å². The molecule has 1 saturated heterocycles. The number of thiophene rings is 1. The second kappa shape index (κ2) is 6.71. The fraction of sp³-hybridized carbons (Fsp3) is 0.688. The fourth-order valence-corrected chi connectivity index (χ4v) is 5.00. The summed E-state index contributed by atoms with van der Waals surface area (Å²) in [6.45, 7) is 2.09. The van der Waals surface area contributed by atoms with Gasteiger partial charge in [-0.3, -0.25) is 10.1 Å². The summed E-state index contributed by atoms with van der Waals surface area (Å²) >= 11 is 3.69. The van der Waals surface area contributed by atoms with Crippen molar-refractivity contribution in [3.05, 3.63) is 22.4 Å². The van der Waals surface area contributed by atoms with Crippen LogP contribution in [0.3, 0.4) is 0 Å². The number of carbonyl (C=O) groups is 1. The van der Waals surface area contributed by atoms with Crippen LogP contribution in [-0.2, 0) is 4.79 Å². The summed E-state index contributed by atoms with van der Waals surface area (Å²) in [5, 5.41) is 8.60. The Morgan fingerprint density at radius 2 is 2.14 bits per heavy atom. The van der Waals surface area contributed by atoms with Crippen molar-refractivity contribution in [2.75, 3.05) is 6.26 Å². The summed E-state index contributed by atoms with van der Waals surface area (Å²) in [5.41, 5.74) is 1.25. The van der Waals surface area contributed by atoms with Crippen LogP contribution in [0.15, 0.2) is 16.8 Å². The summed E-state index contributed by atoms with van der Waals surface area (Å²) in [5.74, 6) is 0.307. The van der Waals surface area contributed by atoms with Crippen molar-refractivity contribution in [3.63, 3.8) is 0 Å². The molecule has 0 spiro atoms. The maximum atomic E-state index is 12.8. The van der Waals surface area contributed by atoms with Gasteiger partial charge in [0.25, 0.3) is 0 Å². The number of amides is 1. The van der Waals surface area contributed by atoms with Gasteiger partial charge < -0.3 is 4.90 Å². The van der Waals surface area contributed by atoms with E-state index in [-0.39, 0.29) is 12.2 Å². The van der Waals surface area contributed by atoms with E-state index in [2.05, 4.69) is 40.2 Å². The van der Waals surface area contributed by atoms with Crippen LogP contribution in [-0.4, -0.2) is 34.4 Å². The molecule has 1 amide bonds. The molecule has 1 aromatic rings. The molecule has 5 heteroatoms. The summed E-state index contributed by atoms with van der Waals surface area (Å²) in [7, 11) is 0. The molecular formula is C16H24N2OS2. The van der Waals surface area contributed by atoms with E-state index in [1.807, 2.05) is 11.8 Å². The molecule has 2 aliphatic rings. The second-order valence-corrected chi connectivity index (χ2v) is 7.92. The number of carbonyl (C=O) groups excluding carboxylic acids is 1. The monoisotopic (exact) mass is 324 g/mol. The molecule has 116 valence electrons. The molecular weight excluding hydrogens is 300 g/mol. The van der Waals surface area contributed by atoms with Gasteiger partial charge in [0.05, 0.1) is 6.04 Å². The quantitative estimate of drug-likeness (QED) is 0.918. The number of hydrogen-bond acceptors (Lipinski definition) is 4. The average molecular weight is 325 g/mol. The van der Waals surface area contributed by atoms with Gasteiger partial charge in [0.15, 0.2) is 0 Å². The van der Waals surface area contributed by atoms with E-state index in [1.54, 1.807) is 11.3 Å². The maximum Gasteiger partial charge on any atom is 0.241 e. The van der Waals surface area contributed by atoms with Gasteiger partial charge in [0, 0.05) is 11.3 Å². The number of rotatable bonds is 4. The van der Waals surface area contributed by atoms with Gasteiger partial charge in [0.2, 0.25) is 5.91 Å². The molecule has 1 aromatic heterocycles. The van der Waals surface area contributed by atoms with Crippen LogP contribution < -0.4 is 5.32 Å². The molecule has 2 heterocycles. The van der Waals surface area contributed by atoms with E-state index in [0.29, 0.717) is 11.9 Å². The molecule has 0 aromatic carbocycles. The topological polar surface area (TPSA) is 32.3 Å². The first kappa shape index (κ1) is 15.4. The Bertz CT molecular complexity index is 469. The first-order valence-electron chi connectivity index (χ1n) is 7.87. The Morgan fingerprint density at radius 3 is 2.71 bits per heavy atom. The number of thioether (sulfide) groups is 1. The molecule has 1 saturated carbocycles. The summed E-state index contributed by atoms with van der Waals surface area (Å²) in [4.78, 5) is 14.9. The van der Waals surface area contributed by atoms with Gasteiger partial charge in [-0.25, -0.2) is 0 Å². The van der Waals surface area contributed by atoms with Gasteiger partial charge in [-0.05, 0) is 60.7 Å². The highest BCUT2D eigenvalue weighted by Gasteiger charge is 2.43. The van der Waals surface area contributed by atoms with E-state index in [0.717, 1.165) is 24.5 Å². The number of nitrogens with zero attached hydrogens (tertiary/aromatic N) is 1. The zero-order valence-corrected chi connectivity index (χ0v) is 14.4. The maximum absolute atomic E-state index is 12.8. The van der Waals surface area contributed by atoms with Gasteiger partial charge in [0.1, 0.15) is 6.17 Å². The lowest BCUT2D eigenvalue weighted by atomic mass is 9.93. The zero-order valence-electron chi connectivity index (χ0n) is 12.7. The van der Waals surface area contributed by atoms with Crippen LogP contribution in [0.5, 0.6) is 0 Å². The van der Waals surface area contributed by atoms with Crippen LogP contribution in [0.2, 0.25) is 0 Å². The summed E-state index contributed by atoms with van der Waals surface area (Å²) < 4.78 is 0. The van der Waals surface area contributed by atoms with Crippen molar-refractivity contribution in [2.45, 2.75) is 62.5 Å². The highest BCUT2D eigenvalue weighted by molar-refractivity contribution is 7.99. The molecule has 21 heavy (non-hydrogen) atoms. The highest BCUT2D eigenvalue weighted by Crippen LogP contribution is 2.36. The van der Waals surface area contributed by atoms with E-state index >= 15 is 0 Å². The van der Waals surface area contributed by atoms with Crippen molar-refractivity contribution in [3.8, 4) is 0 Å². The highest BCUT2D eigenvalue weighted by atomic mass is 32.2. The normalized spacial score (nSPS) is 33.6. The lowest BCUT2D eigenvalue weighted by Crippen LogP contribution is -2.42. The van der Waals surface area contributed by atoms with E-state index < -0.39 is 0 Å². The lowest BCUT2D eigenvalue weighted by Gasteiger charge is -2.37. The fourth-order valence-electron chi connectivity index (χ4n) is 3.58. The smallest absolute Gasteiger partial charge is 0.241 e. The van der Waals surface area contributed by atoms with Crippen LogP contribution in [0.25, 0.3) is 0 Å². The third kappa shape index (κ3) is 3.01. The van der Waals surface area contributed by atoms with Crippen molar-refractivity contribution in [1.82, 2.24) is 10.2 Å². The Labute approximate surface area is 135 Å². The van der Waals surface area contributed by atoms with Gasteiger partial charge >= 0.3 is 0 Å². The first-order chi connectivity index (χ1) is 10.2. The minimum atomic E-state index is -0.00632. The van der Waals surface area contributed by atoms with E-state index in [9.17, 15) is 4.79 Å². The van der Waals surface area contributed by atoms with Crippen LogP contribution >= 0.6 is 23.1 Å². The third-order valence-corrected chi connectivity index (χ3v) is 6.67. The van der Waals surface area contributed by atoms with Crippen molar-refractivity contribution < 1.29 is 4.79 Å². The molecule has 3 nitrogen and oxygen atoms in total. The second-order valence-electron chi connectivity index (χ2n) is 6.00. The zero-order chi connectivity index (χ0) is 14.8. The van der Waals surface area contributed by atoms with Crippen molar-refractivity contribution >= 4 is 29.0 Å². The Hall–Kier alpha value is -0.520. The van der Waals surface area contributed by atoms with Gasteiger partial charge in [-0.2, -0.15) is 23.1 Å². The van der Waals surface area contributed by atoms with Crippen LogP contribution in [0.1, 0.15) is 50.8 Å². The summed E-state index contributed by atoms with van der Waals surface area (Å²) in [6, 6.07) is 2.55. The molecule has 1 aliphatic heterocycles. The number of nitrogens with one attached hydrogen (secondary N) is 1. The van der Waals surface area contributed by atoms with Gasteiger partial charge in [-0.1, -0.05) is 6.92 Å². The number of hydrogen-bond donors (Lipinski definition) is 1. The van der Waals surface area contributed by atoms with E-state index in [1.165, 1.54) is 18.4 Å². The molecule has 0 radical (unpaired) electrons. The van der Waals surface area contributed by atoms with Crippen LogP contribution in [0.4, 0.5) is 0 Å². The standard InChI is InChI=1S/C16H24N2OS2/c1-3-14-16(19)18(12-4-6-13(20-2)7-5-12)15(17-14)11-8-9-21-10-11/h8-10,12-15,17H,3-7H2,1-2H3. The Balaban J connectivity index is 1.78. The van der Waals surface area contributed by atoms with Crippen molar-refractivity contribution in [1.29, 1.82) is 0 Å². The minimum absolute atomic E-state index is 0.00632. The molecule has 2 atom stereocenters. The SMILES string of the molecule is CCC1NC(c2ccsc2)N(C2CCC(SC)CC2)C1=O.